The molecule has 7 nitrogen and oxygen atoms in total. The Bertz CT molecular complexity index is 1150. The van der Waals surface area contributed by atoms with Crippen LogP contribution in [0.4, 0.5) is 0 Å². The summed E-state index contributed by atoms with van der Waals surface area (Å²) in [5, 5.41) is 14.1. The van der Waals surface area contributed by atoms with Crippen molar-refractivity contribution in [2.45, 2.75) is 89.8 Å². The first-order chi connectivity index (χ1) is 15.5. The van der Waals surface area contributed by atoms with Crippen molar-refractivity contribution < 1.29 is 0 Å². The lowest BCUT2D eigenvalue weighted by atomic mass is 9.92. The molecule has 1 aromatic carbocycles. The van der Waals surface area contributed by atoms with Crippen LogP contribution in [-0.2, 0) is 0 Å². The van der Waals surface area contributed by atoms with Crippen molar-refractivity contribution in [3.63, 3.8) is 0 Å². The summed E-state index contributed by atoms with van der Waals surface area (Å²) in [6.45, 7) is 4.17. The Morgan fingerprint density at radius 2 is 1.75 bits per heavy atom. The molecule has 0 unspecified atom stereocenters. The fourth-order valence-electron chi connectivity index (χ4n) is 5.92. The zero-order valence-electron chi connectivity index (χ0n) is 19.5. The van der Waals surface area contributed by atoms with E-state index in [2.05, 4.69) is 64.5 Å². The molecule has 2 aromatic heterocycles. The van der Waals surface area contributed by atoms with Crippen molar-refractivity contribution in [2.75, 3.05) is 7.05 Å². The van der Waals surface area contributed by atoms with Crippen LogP contribution in [0.5, 0.6) is 0 Å². The summed E-state index contributed by atoms with van der Waals surface area (Å²) in [5.74, 6) is 0.805. The minimum absolute atomic E-state index is 0.0452. The summed E-state index contributed by atoms with van der Waals surface area (Å²) in [6.07, 6.45) is 10.7. The number of pyridine rings is 1. The Balaban J connectivity index is 1.66. The fourth-order valence-corrected chi connectivity index (χ4v) is 5.92. The van der Waals surface area contributed by atoms with Gasteiger partial charge in [-0.25, -0.2) is 4.68 Å². The third kappa shape index (κ3) is 3.87. The average Bonchev–Trinajstić information content (AvgIpc) is 3.47. The molecule has 0 amide bonds. The number of tetrazole rings is 1. The molecule has 7 heteroatoms. The minimum atomic E-state index is -0.262. The number of aromatic nitrogens is 5. The van der Waals surface area contributed by atoms with Gasteiger partial charge in [0.15, 0.2) is 5.82 Å². The Hall–Kier alpha value is -2.54. The first-order valence-electron chi connectivity index (χ1n) is 12.2. The molecule has 0 radical (unpaired) electrons. The van der Waals surface area contributed by atoms with Gasteiger partial charge in [-0.1, -0.05) is 38.2 Å². The Kier molecular flexibility index (Phi) is 5.84. The maximum Gasteiger partial charge on any atom is 0.253 e. The highest BCUT2D eigenvalue weighted by Gasteiger charge is 2.35. The van der Waals surface area contributed by atoms with Crippen molar-refractivity contribution in [3.05, 3.63) is 51.1 Å². The number of rotatable bonds is 5. The second-order valence-corrected chi connectivity index (χ2v) is 9.88. The van der Waals surface area contributed by atoms with Crippen molar-refractivity contribution in [3.8, 4) is 0 Å². The first-order valence-corrected chi connectivity index (χ1v) is 12.2. The van der Waals surface area contributed by atoms with Crippen LogP contribution in [0.15, 0.2) is 23.0 Å². The fraction of sp³-hybridized carbons (Fsp3) is 0.600. The summed E-state index contributed by atoms with van der Waals surface area (Å²) in [7, 11) is 2.15. The highest BCUT2D eigenvalue weighted by Crippen LogP contribution is 2.36. The molecule has 1 N–H and O–H groups in total. The number of H-pyrrole nitrogens is 1. The summed E-state index contributed by atoms with van der Waals surface area (Å²) >= 11 is 0. The molecule has 2 aliphatic rings. The van der Waals surface area contributed by atoms with Gasteiger partial charge in [0, 0.05) is 22.5 Å². The third-order valence-corrected chi connectivity index (χ3v) is 7.63. The van der Waals surface area contributed by atoms with E-state index in [4.69, 9.17) is 0 Å². The summed E-state index contributed by atoms with van der Waals surface area (Å²) in [4.78, 5) is 19.0. The number of hydrogen-bond donors (Lipinski definition) is 1. The second-order valence-electron chi connectivity index (χ2n) is 9.88. The molecule has 32 heavy (non-hydrogen) atoms. The monoisotopic (exact) mass is 434 g/mol. The van der Waals surface area contributed by atoms with Crippen LogP contribution in [0.1, 0.15) is 92.4 Å². The van der Waals surface area contributed by atoms with Gasteiger partial charge in [0.25, 0.3) is 5.56 Å². The normalized spacial score (nSPS) is 19.2. The molecule has 3 aromatic rings. The largest absolute Gasteiger partial charge is 0.322 e. The van der Waals surface area contributed by atoms with Crippen molar-refractivity contribution in [2.24, 2.45) is 0 Å². The van der Waals surface area contributed by atoms with Gasteiger partial charge in [-0.15, -0.1) is 5.10 Å². The Morgan fingerprint density at radius 3 is 2.50 bits per heavy atom. The molecule has 0 spiro atoms. The van der Waals surface area contributed by atoms with Crippen LogP contribution < -0.4 is 5.56 Å². The molecule has 0 bridgehead atoms. The van der Waals surface area contributed by atoms with Crippen molar-refractivity contribution in [1.29, 1.82) is 0 Å². The van der Waals surface area contributed by atoms with Gasteiger partial charge in [-0.2, -0.15) is 0 Å². The van der Waals surface area contributed by atoms with Gasteiger partial charge in [0.2, 0.25) is 0 Å². The van der Waals surface area contributed by atoms with Gasteiger partial charge in [-0.3, -0.25) is 9.69 Å². The van der Waals surface area contributed by atoms with Gasteiger partial charge in [-0.05, 0) is 80.3 Å². The zero-order chi connectivity index (χ0) is 22.2. The number of aryl methyl sites for hydroxylation is 2. The molecular weight excluding hydrogens is 400 g/mol. The van der Waals surface area contributed by atoms with E-state index in [1.54, 1.807) is 0 Å². The van der Waals surface area contributed by atoms with Gasteiger partial charge in [0.05, 0.1) is 6.04 Å². The minimum Gasteiger partial charge on any atom is -0.322 e. The van der Waals surface area contributed by atoms with E-state index in [-0.39, 0.29) is 11.6 Å². The van der Waals surface area contributed by atoms with Crippen LogP contribution in [-0.4, -0.2) is 43.2 Å². The number of benzene rings is 1. The lowest BCUT2D eigenvalue weighted by Crippen LogP contribution is -2.40. The van der Waals surface area contributed by atoms with Crippen molar-refractivity contribution in [1.82, 2.24) is 30.1 Å². The topological polar surface area (TPSA) is 79.7 Å². The summed E-state index contributed by atoms with van der Waals surface area (Å²) in [5.41, 5.74) is 3.92. The molecular formula is C25H34N6O. The molecule has 170 valence electrons. The number of nitrogens with zero attached hydrogens (tertiary/aromatic N) is 5. The SMILES string of the molecule is Cc1cc(C)c2cc([C@H](c3nnnn3C3CCCC3)N(C)C3CCCCC3)c(=O)[nH]c2c1. The molecule has 1 atom stereocenters. The van der Waals surface area contributed by atoms with E-state index in [9.17, 15) is 4.79 Å². The molecule has 0 saturated heterocycles. The predicted octanol–water partition coefficient (Wildman–Crippen LogP) is 4.60. The lowest BCUT2D eigenvalue weighted by Gasteiger charge is -2.36. The zero-order valence-corrected chi connectivity index (χ0v) is 19.5. The number of fused-ring (bicyclic) bond motifs is 1. The van der Waals surface area contributed by atoms with Crippen molar-refractivity contribution >= 4 is 10.9 Å². The lowest BCUT2D eigenvalue weighted by molar-refractivity contribution is 0.147. The molecule has 0 aliphatic heterocycles. The first kappa shape index (κ1) is 21.3. The number of hydrogen-bond acceptors (Lipinski definition) is 5. The van der Waals surface area contributed by atoms with E-state index in [1.165, 1.54) is 37.7 Å². The smallest absolute Gasteiger partial charge is 0.253 e. The number of nitrogens with one attached hydrogen (secondary N) is 1. The maximum atomic E-state index is 13.5. The average molecular weight is 435 g/mol. The molecule has 2 saturated carbocycles. The summed E-state index contributed by atoms with van der Waals surface area (Å²) < 4.78 is 2.02. The third-order valence-electron chi connectivity index (χ3n) is 7.63. The standard InChI is InChI=1S/C25H34N6O/c1-16-13-17(2)20-15-21(25(32)26-22(20)14-16)23(30(3)18-9-5-4-6-10-18)24-27-28-29-31(24)19-11-7-8-12-19/h13-15,18-19,23H,4-12H2,1-3H3,(H,26,32)/t23-/m1/s1. The number of aromatic amines is 1. The van der Waals surface area contributed by atoms with Crippen LogP contribution in [0.25, 0.3) is 10.9 Å². The van der Waals surface area contributed by atoms with E-state index >= 15 is 0 Å². The molecule has 5 rings (SSSR count). The maximum absolute atomic E-state index is 13.5. The Labute approximate surface area is 189 Å². The van der Waals surface area contributed by atoms with E-state index in [0.29, 0.717) is 12.1 Å². The molecule has 2 aliphatic carbocycles. The predicted molar refractivity (Wildman–Crippen MR) is 126 cm³/mol. The molecule has 2 heterocycles. The highest BCUT2D eigenvalue weighted by molar-refractivity contribution is 5.83. The van der Waals surface area contributed by atoms with E-state index < -0.39 is 0 Å². The highest BCUT2D eigenvalue weighted by atomic mass is 16.1. The van der Waals surface area contributed by atoms with E-state index in [1.807, 2.05) is 4.68 Å². The van der Waals surface area contributed by atoms with Gasteiger partial charge in [0.1, 0.15) is 6.04 Å². The van der Waals surface area contributed by atoms with Crippen LogP contribution in [0, 0.1) is 13.8 Å². The molecule has 2 fully saturated rings. The van der Waals surface area contributed by atoms with Gasteiger partial charge >= 0.3 is 0 Å². The van der Waals surface area contributed by atoms with E-state index in [0.717, 1.165) is 53.5 Å². The second kappa shape index (κ2) is 8.77. The van der Waals surface area contributed by atoms with Crippen LogP contribution >= 0.6 is 0 Å². The van der Waals surface area contributed by atoms with Crippen LogP contribution in [0.2, 0.25) is 0 Å². The van der Waals surface area contributed by atoms with Gasteiger partial charge < -0.3 is 4.98 Å². The van der Waals surface area contributed by atoms with Crippen LogP contribution in [0.3, 0.4) is 0 Å². The summed E-state index contributed by atoms with van der Waals surface area (Å²) in [6, 6.07) is 6.80. The quantitative estimate of drug-likeness (QED) is 0.635. The Morgan fingerprint density at radius 1 is 1.03 bits per heavy atom.